The molecule has 0 N–H and O–H groups in total. The van der Waals surface area contributed by atoms with E-state index in [1.165, 1.54) is 43.1 Å². The van der Waals surface area contributed by atoms with E-state index in [-0.39, 0.29) is 23.7 Å². The quantitative estimate of drug-likeness (QED) is 0.0768. The van der Waals surface area contributed by atoms with Gasteiger partial charge in [-0.05, 0) is 161 Å². The molecule has 3 heterocycles. The molecular formula is C81H52N4O2S3. The molecule has 90 heavy (non-hydrogen) atoms. The molecule has 0 aliphatic heterocycles. The van der Waals surface area contributed by atoms with Crippen molar-refractivity contribution in [2.24, 2.45) is 4.99 Å². The lowest BCUT2D eigenvalue weighted by Crippen LogP contribution is -2.35. The molecule has 0 unspecified atom stereocenters. The van der Waals surface area contributed by atoms with Crippen molar-refractivity contribution in [3.05, 3.63) is 327 Å². The van der Waals surface area contributed by atoms with Crippen LogP contribution in [0.25, 0.3) is 65.1 Å². The average Bonchev–Trinajstić information content (AvgIpc) is 1.48. The van der Waals surface area contributed by atoms with E-state index in [0.717, 1.165) is 80.7 Å². The summed E-state index contributed by atoms with van der Waals surface area (Å²) >= 11 is 5.08. The van der Waals surface area contributed by atoms with Gasteiger partial charge >= 0.3 is 0 Å². The van der Waals surface area contributed by atoms with Crippen molar-refractivity contribution in [2.75, 3.05) is 6.54 Å². The maximum absolute atomic E-state index is 14.3. The molecular weight excluding hydrogens is 1160 g/mol. The zero-order chi connectivity index (χ0) is 61.7. The van der Waals surface area contributed by atoms with Crippen LogP contribution >= 0.6 is 34.0 Å². The van der Waals surface area contributed by atoms with Gasteiger partial charge in [0.05, 0.1) is 29.0 Å². The molecule has 0 radical (unpaired) electrons. The first-order valence-electron chi connectivity index (χ1n) is 29.7. The Hall–Kier alpha value is -10.7. The summed E-state index contributed by atoms with van der Waals surface area (Å²) in [6.07, 6.45) is 3.78. The zero-order valence-corrected chi connectivity index (χ0v) is 52.0. The Bertz CT molecular complexity index is 5100. The Morgan fingerprint density at radius 3 is 1.20 bits per heavy atom. The van der Waals surface area contributed by atoms with Crippen LogP contribution in [0, 0.1) is 61.7 Å². The second-order valence-electron chi connectivity index (χ2n) is 23.6. The van der Waals surface area contributed by atoms with Crippen LogP contribution in [0.5, 0.6) is 0 Å². The minimum Gasteiger partial charge on any atom is -0.295 e. The third kappa shape index (κ3) is 8.34. The van der Waals surface area contributed by atoms with Crippen LogP contribution in [-0.4, -0.2) is 24.8 Å². The van der Waals surface area contributed by atoms with Gasteiger partial charge < -0.3 is 0 Å². The first kappa shape index (κ1) is 55.9. The fourth-order valence-electron chi connectivity index (χ4n) is 14.3. The third-order valence-electron chi connectivity index (χ3n) is 18.4. The number of carbonyl (C=O) groups excluding carboxylic acids is 2. The van der Waals surface area contributed by atoms with E-state index in [4.69, 9.17) is 0 Å². The molecule has 426 valence electrons. The van der Waals surface area contributed by atoms with Crippen LogP contribution in [-0.2, 0) is 10.8 Å². The molecule has 0 amide bonds. The topological polar surface area (TPSA) is 118 Å². The highest BCUT2D eigenvalue weighted by molar-refractivity contribution is 7.19. The zero-order valence-electron chi connectivity index (χ0n) is 49.5. The van der Waals surface area contributed by atoms with E-state index < -0.39 is 10.8 Å². The lowest BCUT2D eigenvalue weighted by Gasteiger charge is -2.40. The minimum absolute atomic E-state index is 0.0898. The number of thiophene rings is 3. The molecule has 11 aromatic rings. The summed E-state index contributed by atoms with van der Waals surface area (Å²) in [5.74, 6) is -0.322. The molecule has 9 heteroatoms. The van der Waals surface area contributed by atoms with Gasteiger partial charge in [-0.3, -0.25) is 14.6 Å². The van der Waals surface area contributed by atoms with Gasteiger partial charge in [-0.1, -0.05) is 192 Å². The third-order valence-corrected chi connectivity index (χ3v) is 21.8. The molecule has 0 saturated carbocycles. The van der Waals surface area contributed by atoms with E-state index in [1.54, 1.807) is 34.8 Å². The van der Waals surface area contributed by atoms with Crippen LogP contribution in [0.1, 0.15) is 108 Å². The van der Waals surface area contributed by atoms with E-state index in [1.807, 2.05) is 66.0 Å². The molecule has 3 aromatic heterocycles. The number of nitriles is 3. The number of nitrogens with zero attached hydrogens (tertiary/aromatic N) is 4. The van der Waals surface area contributed by atoms with Crippen molar-refractivity contribution < 1.29 is 9.59 Å². The second kappa shape index (κ2) is 21.6. The maximum Gasteiger partial charge on any atom is 0.194 e. The van der Waals surface area contributed by atoms with Crippen molar-refractivity contribution >= 4 is 75.6 Å². The van der Waals surface area contributed by atoms with Gasteiger partial charge in [-0.2, -0.15) is 15.8 Å². The lowest BCUT2D eigenvalue weighted by molar-refractivity contribution is 0.103. The van der Waals surface area contributed by atoms with Crippen molar-refractivity contribution in [3.8, 4) is 60.0 Å². The first-order chi connectivity index (χ1) is 43.9. The highest BCUT2D eigenvalue weighted by Gasteiger charge is 2.57. The van der Waals surface area contributed by atoms with Gasteiger partial charge in [-0.15, -0.1) is 34.0 Å². The number of fused-ring (bicyclic) bond motifs is 9. The number of aryl methyl sites for hydroxylation is 4. The summed E-state index contributed by atoms with van der Waals surface area (Å²) < 4.78 is 0. The average molecular weight is 1210 g/mol. The minimum atomic E-state index is -0.847. The molecule has 0 bridgehead atoms. The number of hydrogen-bond donors (Lipinski definition) is 0. The summed E-state index contributed by atoms with van der Waals surface area (Å²) in [5.41, 5.74) is 21.4. The first-order valence-corrected chi connectivity index (χ1v) is 32.1. The maximum atomic E-state index is 14.3. The van der Waals surface area contributed by atoms with Crippen molar-refractivity contribution in [3.63, 3.8) is 0 Å². The van der Waals surface area contributed by atoms with E-state index >= 15 is 0 Å². The van der Waals surface area contributed by atoms with Gasteiger partial charge in [0.1, 0.15) is 17.7 Å². The summed E-state index contributed by atoms with van der Waals surface area (Å²) in [4.78, 5) is 38.7. The van der Waals surface area contributed by atoms with Crippen LogP contribution < -0.4 is 0 Å². The van der Waals surface area contributed by atoms with Crippen LogP contribution in [0.15, 0.2) is 234 Å². The molecule has 4 aliphatic rings. The van der Waals surface area contributed by atoms with Gasteiger partial charge in [0.2, 0.25) is 0 Å². The highest BCUT2D eigenvalue weighted by Crippen LogP contribution is 2.70. The summed E-state index contributed by atoms with van der Waals surface area (Å²) in [6, 6.07) is 80.1. The number of carbonyl (C=O) groups is 2. The molecule has 0 saturated heterocycles. The van der Waals surface area contributed by atoms with Crippen LogP contribution in [0.2, 0.25) is 0 Å². The van der Waals surface area contributed by atoms with Gasteiger partial charge in [0.25, 0.3) is 0 Å². The Morgan fingerprint density at radius 1 is 0.444 bits per heavy atom. The fourth-order valence-corrected chi connectivity index (χ4v) is 17.7. The number of Topliss-reactive ketones (excluding diaryl/α,β-unsaturated/α-hetero) is 2. The summed E-state index contributed by atoms with van der Waals surface area (Å²) in [6.45, 7) is 12.4. The molecule has 0 fully saturated rings. The number of hydrogen-bond acceptors (Lipinski definition) is 9. The SMILES string of the molecule is C=NC/C(C#N)=C1/C(=C/c2ccc(-c3ccc4c(c3)C(c3ccc(C)cc3)(c3ccc(C)cc3)c3c-4sc4c3C(c3ccc(C)cc3)(c3ccc(C)cc3)c3cc(-c5ccc(/C=C6\C(=O)c7ccccc7C6=C(C#N)C#N)s5)ccc3-4)s2)C(=O)c2ccccc21. The van der Waals surface area contributed by atoms with Crippen molar-refractivity contribution in [1.82, 2.24) is 0 Å². The van der Waals surface area contributed by atoms with E-state index in [2.05, 4.69) is 209 Å². The van der Waals surface area contributed by atoms with E-state index in [0.29, 0.717) is 44.6 Å². The molecule has 0 atom stereocenters. The van der Waals surface area contributed by atoms with Gasteiger partial charge in [0, 0.05) is 62.7 Å². The van der Waals surface area contributed by atoms with E-state index in [9.17, 15) is 25.4 Å². The standard InChI is InChI=1S/C81H52N4O2S3/c1-46-14-24-54(25-15-46)80(55-26-16-47(2)17-27-55)68-38-50(70-36-32-58(88-70)40-66-72(52(42-82)43-83)60-10-6-8-12-62(60)76(66)86)22-34-64(68)78-74(80)75-79(90-78)65-35-23-51(39-69(65)81(75,56-28-18-48(3)19-29-56)57-30-20-49(4)21-31-57)71-37-33-59(89-71)41-67-73(53(44-84)45-85-5)61-11-7-9-13-63(61)77(67)87/h6-41H,5,45H2,1-4H3/b66-40-,67-41-,73-53+. The highest BCUT2D eigenvalue weighted by atomic mass is 32.1. The largest absolute Gasteiger partial charge is 0.295 e. The van der Waals surface area contributed by atoms with Crippen molar-refractivity contribution in [1.29, 1.82) is 15.8 Å². The Morgan fingerprint density at radius 2 is 0.822 bits per heavy atom. The van der Waals surface area contributed by atoms with Gasteiger partial charge in [-0.25, -0.2) is 0 Å². The molecule has 15 rings (SSSR count). The number of rotatable bonds is 10. The summed E-state index contributed by atoms with van der Waals surface area (Å²) in [5, 5.41) is 30.6. The Labute approximate surface area is 534 Å². The smallest absolute Gasteiger partial charge is 0.194 e. The lowest BCUT2D eigenvalue weighted by atomic mass is 9.61. The molecule has 0 spiro atoms. The number of aliphatic imine (C=N–C) groups is 1. The number of benzene rings is 8. The molecule has 8 aromatic carbocycles. The van der Waals surface area contributed by atoms with Crippen molar-refractivity contribution in [2.45, 2.75) is 38.5 Å². The Kier molecular flexibility index (Phi) is 13.4. The second-order valence-corrected chi connectivity index (χ2v) is 26.8. The number of allylic oxidation sites excluding steroid dienone is 5. The molecule has 6 nitrogen and oxygen atoms in total. The predicted octanol–water partition coefficient (Wildman–Crippen LogP) is 19.5. The normalized spacial score (nSPS) is 15.8. The molecule has 4 aliphatic carbocycles. The monoisotopic (exact) mass is 1210 g/mol. The number of ketones is 2. The summed E-state index contributed by atoms with van der Waals surface area (Å²) in [7, 11) is 0. The van der Waals surface area contributed by atoms with Crippen LogP contribution in [0.4, 0.5) is 0 Å². The van der Waals surface area contributed by atoms with Crippen LogP contribution in [0.3, 0.4) is 0 Å². The van der Waals surface area contributed by atoms with Gasteiger partial charge in [0.15, 0.2) is 11.6 Å². The predicted molar refractivity (Wildman–Crippen MR) is 367 cm³/mol. The fraction of sp³-hybridized carbons (Fsp3) is 0.0864. The Balaban J connectivity index is 0.954.